The molecule has 0 aromatic heterocycles. The Morgan fingerprint density at radius 1 is 0.800 bits per heavy atom. The highest BCUT2D eigenvalue weighted by atomic mass is 79.9. The summed E-state index contributed by atoms with van der Waals surface area (Å²) in [6.07, 6.45) is 10.3. The summed E-state index contributed by atoms with van der Waals surface area (Å²) in [6, 6.07) is 0. The first kappa shape index (κ1) is 12.0. The SMILES string of the molecule is CC1CCCCC1C1CCC(Br)CC1C. The van der Waals surface area contributed by atoms with Crippen molar-refractivity contribution in [1.29, 1.82) is 0 Å². The third-order valence-corrected chi connectivity index (χ3v) is 5.73. The van der Waals surface area contributed by atoms with Gasteiger partial charge in [0.1, 0.15) is 0 Å². The summed E-state index contributed by atoms with van der Waals surface area (Å²) in [5, 5.41) is 0. The van der Waals surface area contributed by atoms with E-state index in [2.05, 4.69) is 29.8 Å². The highest BCUT2D eigenvalue weighted by Crippen LogP contribution is 2.45. The largest absolute Gasteiger partial charge is 0.0891 e. The normalized spacial score (nSPS) is 47.8. The fourth-order valence-electron chi connectivity index (χ4n) is 3.97. The Kier molecular flexibility index (Phi) is 4.15. The predicted molar refractivity (Wildman–Crippen MR) is 70.3 cm³/mol. The first-order valence-electron chi connectivity index (χ1n) is 6.82. The van der Waals surface area contributed by atoms with Crippen LogP contribution in [0.2, 0.25) is 0 Å². The van der Waals surface area contributed by atoms with E-state index in [9.17, 15) is 0 Å². The maximum absolute atomic E-state index is 3.80. The van der Waals surface area contributed by atoms with Crippen molar-refractivity contribution in [3.05, 3.63) is 0 Å². The first-order valence-corrected chi connectivity index (χ1v) is 7.74. The van der Waals surface area contributed by atoms with Crippen LogP contribution in [0.25, 0.3) is 0 Å². The van der Waals surface area contributed by atoms with E-state index >= 15 is 0 Å². The monoisotopic (exact) mass is 272 g/mol. The molecule has 2 aliphatic rings. The fraction of sp³-hybridized carbons (Fsp3) is 1.00. The van der Waals surface area contributed by atoms with Crippen LogP contribution in [0.3, 0.4) is 0 Å². The molecule has 2 aliphatic carbocycles. The van der Waals surface area contributed by atoms with Gasteiger partial charge < -0.3 is 0 Å². The third kappa shape index (κ3) is 2.78. The van der Waals surface area contributed by atoms with Crippen LogP contribution in [0.15, 0.2) is 0 Å². The van der Waals surface area contributed by atoms with Gasteiger partial charge in [-0.25, -0.2) is 0 Å². The molecule has 2 rings (SSSR count). The number of halogens is 1. The second-order valence-electron chi connectivity index (χ2n) is 5.98. The van der Waals surface area contributed by atoms with Gasteiger partial charge in [-0.1, -0.05) is 49.0 Å². The van der Waals surface area contributed by atoms with Crippen LogP contribution in [-0.4, -0.2) is 4.83 Å². The van der Waals surface area contributed by atoms with Crippen molar-refractivity contribution in [2.24, 2.45) is 23.7 Å². The maximum atomic E-state index is 3.80. The van der Waals surface area contributed by atoms with Crippen LogP contribution < -0.4 is 0 Å². The Hall–Kier alpha value is 0.480. The highest BCUT2D eigenvalue weighted by Gasteiger charge is 2.35. The summed E-state index contributed by atoms with van der Waals surface area (Å²) in [7, 11) is 0. The van der Waals surface area contributed by atoms with Gasteiger partial charge in [0.05, 0.1) is 0 Å². The minimum absolute atomic E-state index is 0.808. The second-order valence-corrected chi connectivity index (χ2v) is 7.27. The molecule has 0 radical (unpaired) electrons. The summed E-state index contributed by atoms with van der Waals surface area (Å²) >= 11 is 3.80. The molecule has 0 aliphatic heterocycles. The summed E-state index contributed by atoms with van der Waals surface area (Å²) < 4.78 is 0. The molecule has 0 N–H and O–H groups in total. The van der Waals surface area contributed by atoms with Gasteiger partial charge >= 0.3 is 0 Å². The second kappa shape index (κ2) is 5.21. The molecule has 0 spiro atoms. The lowest BCUT2D eigenvalue weighted by Gasteiger charge is -2.42. The van der Waals surface area contributed by atoms with Gasteiger partial charge in [-0.15, -0.1) is 0 Å². The number of hydrogen-bond acceptors (Lipinski definition) is 0. The highest BCUT2D eigenvalue weighted by molar-refractivity contribution is 9.09. The van der Waals surface area contributed by atoms with Crippen molar-refractivity contribution in [3.8, 4) is 0 Å². The molecule has 0 saturated heterocycles. The molecule has 0 amide bonds. The Morgan fingerprint density at radius 2 is 1.47 bits per heavy atom. The van der Waals surface area contributed by atoms with Crippen LogP contribution in [0.1, 0.15) is 58.8 Å². The van der Waals surface area contributed by atoms with E-state index in [4.69, 9.17) is 0 Å². The Morgan fingerprint density at radius 3 is 2.13 bits per heavy atom. The number of hydrogen-bond donors (Lipinski definition) is 0. The van der Waals surface area contributed by atoms with Gasteiger partial charge in [-0.05, 0) is 49.4 Å². The lowest BCUT2D eigenvalue weighted by molar-refractivity contribution is 0.100. The zero-order valence-corrected chi connectivity index (χ0v) is 11.8. The summed E-state index contributed by atoms with van der Waals surface area (Å²) in [6.45, 7) is 4.98. The Bertz CT molecular complexity index is 202. The molecule has 15 heavy (non-hydrogen) atoms. The van der Waals surface area contributed by atoms with E-state index in [0.717, 1.165) is 28.5 Å². The van der Waals surface area contributed by atoms with E-state index in [-0.39, 0.29) is 0 Å². The van der Waals surface area contributed by atoms with E-state index in [0.29, 0.717) is 0 Å². The molecule has 5 unspecified atom stereocenters. The lowest BCUT2D eigenvalue weighted by Crippen LogP contribution is -2.33. The van der Waals surface area contributed by atoms with Gasteiger partial charge in [-0.2, -0.15) is 0 Å². The molecule has 88 valence electrons. The Balaban J connectivity index is 1.96. The first-order chi connectivity index (χ1) is 7.18. The van der Waals surface area contributed by atoms with Crippen molar-refractivity contribution in [2.75, 3.05) is 0 Å². The van der Waals surface area contributed by atoms with Crippen molar-refractivity contribution in [2.45, 2.75) is 63.6 Å². The van der Waals surface area contributed by atoms with Crippen LogP contribution in [-0.2, 0) is 0 Å². The molecule has 0 aromatic rings. The minimum atomic E-state index is 0.808. The Labute approximate surface area is 103 Å². The standard InChI is InChI=1S/C14H25Br/c1-10-5-3-4-6-13(10)14-8-7-12(15)9-11(14)2/h10-14H,3-9H2,1-2H3. The van der Waals surface area contributed by atoms with Crippen LogP contribution in [0.4, 0.5) is 0 Å². The van der Waals surface area contributed by atoms with Gasteiger partial charge in [0.2, 0.25) is 0 Å². The maximum Gasteiger partial charge on any atom is 0.0148 e. The van der Waals surface area contributed by atoms with Gasteiger partial charge in [0.15, 0.2) is 0 Å². The van der Waals surface area contributed by atoms with Crippen molar-refractivity contribution >= 4 is 15.9 Å². The quantitative estimate of drug-likeness (QED) is 0.589. The van der Waals surface area contributed by atoms with E-state index < -0.39 is 0 Å². The molecular weight excluding hydrogens is 248 g/mol. The zero-order valence-electron chi connectivity index (χ0n) is 10.2. The van der Waals surface area contributed by atoms with Crippen molar-refractivity contribution in [1.82, 2.24) is 0 Å². The number of alkyl halides is 1. The molecule has 2 fully saturated rings. The summed E-state index contributed by atoms with van der Waals surface area (Å²) in [5.74, 6) is 4.04. The molecule has 1 heteroatoms. The van der Waals surface area contributed by atoms with E-state index in [1.165, 1.54) is 44.9 Å². The smallest absolute Gasteiger partial charge is 0.0148 e. The number of rotatable bonds is 1. The van der Waals surface area contributed by atoms with Gasteiger partial charge in [0, 0.05) is 4.83 Å². The molecule has 0 aromatic carbocycles. The topological polar surface area (TPSA) is 0 Å². The van der Waals surface area contributed by atoms with E-state index in [1.54, 1.807) is 0 Å². The molecule has 0 bridgehead atoms. The lowest BCUT2D eigenvalue weighted by atomic mass is 9.65. The van der Waals surface area contributed by atoms with Crippen molar-refractivity contribution < 1.29 is 0 Å². The molecular formula is C14H25Br. The van der Waals surface area contributed by atoms with Crippen molar-refractivity contribution in [3.63, 3.8) is 0 Å². The van der Waals surface area contributed by atoms with Crippen LogP contribution >= 0.6 is 15.9 Å². The molecule has 0 heterocycles. The average molecular weight is 273 g/mol. The molecule has 0 nitrogen and oxygen atoms in total. The average Bonchev–Trinajstić information content (AvgIpc) is 2.20. The molecule has 5 atom stereocenters. The summed E-state index contributed by atoms with van der Waals surface area (Å²) in [5.41, 5.74) is 0. The third-order valence-electron chi connectivity index (χ3n) is 4.90. The van der Waals surface area contributed by atoms with Crippen LogP contribution in [0.5, 0.6) is 0 Å². The predicted octanol–water partition coefficient (Wildman–Crippen LogP) is 5.01. The minimum Gasteiger partial charge on any atom is -0.0891 e. The van der Waals surface area contributed by atoms with Crippen LogP contribution in [0, 0.1) is 23.7 Å². The molecule has 2 saturated carbocycles. The van der Waals surface area contributed by atoms with Gasteiger partial charge in [0.25, 0.3) is 0 Å². The van der Waals surface area contributed by atoms with Gasteiger partial charge in [-0.3, -0.25) is 0 Å². The zero-order chi connectivity index (χ0) is 10.8. The summed E-state index contributed by atoms with van der Waals surface area (Å²) in [4.78, 5) is 0.808. The van der Waals surface area contributed by atoms with E-state index in [1.807, 2.05) is 0 Å². The fourth-order valence-corrected chi connectivity index (χ4v) is 4.82.